The Morgan fingerprint density at radius 2 is 2.07 bits per heavy atom. The minimum absolute atomic E-state index is 0.00486. The van der Waals surface area contributed by atoms with Gasteiger partial charge in [0.05, 0.1) is 5.57 Å². The lowest BCUT2D eigenvalue weighted by Crippen LogP contribution is -2.43. The Hall–Kier alpha value is -0.500. The van der Waals surface area contributed by atoms with Gasteiger partial charge in [0.1, 0.15) is 6.10 Å². The van der Waals surface area contributed by atoms with Crippen LogP contribution in [0.15, 0.2) is 10.6 Å². The van der Waals surface area contributed by atoms with Crippen LogP contribution >= 0.6 is 11.6 Å². The first-order chi connectivity index (χ1) is 7.24. The van der Waals surface area contributed by atoms with Gasteiger partial charge < -0.3 is 4.74 Å². The van der Waals surface area contributed by atoms with Crippen LogP contribution in [0.5, 0.6) is 0 Å². The van der Waals surface area contributed by atoms with Gasteiger partial charge in [-0.1, -0.05) is 37.8 Å². The number of allylic oxidation sites excluding steroid dienone is 1. The molecule has 2 rings (SSSR count). The molecule has 15 heavy (non-hydrogen) atoms. The smallest absolute Gasteiger partial charge is 0.339 e. The molecule has 3 heteroatoms. The van der Waals surface area contributed by atoms with Crippen LogP contribution in [0.4, 0.5) is 0 Å². The van der Waals surface area contributed by atoms with Gasteiger partial charge in [-0.3, -0.25) is 0 Å². The zero-order chi connectivity index (χ0) is 10.8. The SMILES string of the molecule is CC/C(Cl)=C1/C(=O)O[C@H]1C1CCCCC1. The van der Waals surface area contributed by atoms with Gasteiger partial charge in [-0.2, -0.15) is 0 Å². The van der Waals surface area contributed by atoms with Crippen molar-refractivity contribution in [1.29, 1.82) is 0 Å². The van der Waals surface area contributed by atoms with Crippen LogP contribution in [0.3, 0.4) is 0 Å². The molecule has 1 atom stereocenters. The molecule has 0 unspecified atom stereocenters. The van der Waals surface area contributed by atoms with E-state index in [0.29, 0.717) is 11.0 Å². The summed E-state index contributed by atoms with van der Waals surface area (Å²) in [4.78, 5) is 11.3. The van der Waals surface area contributed by atoms with E-state index in [-0.39, 0.29) is 12.1 Å². The molecule has 1 heterocycles. The summed E-state index contributed by atoms with van der Waals surface area (Å²) >= 11 is 6.05. The Bertz CT molecular complexity index is 290. The third-order valence-corrected chi connectivity index (χ3v) is 3.89. The molecule has 84 valence electrons. The summed E-state index contributed by atoms with van der Waals surface area (Å²) in [5.74, 6) is 0.323. The second kappa shape index (κ2) is 4.56. The minimum atomic E-state index is -0.197. The molecule has 1 aliphatic heterocycles. The molecule has 1 saturated heterocycles. The fourth-order valence-corrected chi connectivity index (χ4v) is 2.70. The number of rotatable bonds is 2. The maximum Gasteiger partial charge on any atom is 0.339 e. The molecule has 0 bridgehead atoms. The maximum atomic E-state index is 11.3. The van der Waals surface area contributed by atoms with Crippen LogP contribution in [0, 0.1) is 5.92 Å². The molecule has 0 radical (unpaired) electrons. The largest absolute Gasteiger partial charge is 0.453 e. The predicted octanol–water partition coefficient (Wildman–Crippen LogP) is 3.40. The van der Waals surface area contributed by atoms with Crippen molar-refractivity contribution in [1.82, 2.24) is 0 Å². The summed E-state index contributed by atoms with van der Waals surface area (Å²) in [6, 6.07) is 0. The van der Waals surface area contributed by atoms with Crippen molar-refractivity contribution >= 4 is 17.6 Å². The molecular formula is C12H17ClO2. The standard InChI is InChI=1S/C12H17ClO2/c1-2-9(13)10-11(15-12(10)14)8-6-4-3-5-7-8/h8,11H,2-7H2,1H3/b10-9-/t11-/m0/s1. The van der Waals surface area contributed by atoms with Crippen molar-refractivity contribution < 1.29 is 9.53 Å². The van der Waals surface area contributed by atoms with E-state index in [0.717, 1.165) is 12.0 Å². The van der Waals surface area contributed by atoms with E-state index < -0.39 is 0 Å². The highest BCUT2D eigenvalue weighted by Gasteiger charge is 2.43. The third kappa shape index (κ3) is 2.05. The first-order valence-corrected chi connectivity index (χ1v) is 6.21. The number of hydrogen-bond acceptors (Lipinski definition) is 2. The van der Waals surface area contributed by atoms with Gasteiger partial charge in [0.2, 0.25) is 0 Å². The summed E-state index contributed by atoms with van der Waals surface area (Å²) in [5.41, 5.74) is 0.756. The number of ether oxygens (including phenoxy) is 1. The zero-order valence-corrected chi connectivity index (χ0v) is 9.85. The molecule has 0 aromatic rings. The number of esters is 1. The van der Waals surface area contributed by atoms with Crippen molar-refractivity contribution in [2.75, 3.05) is 0 Å². The van der Waals surface area contributed by atoms with Gasteiger partial charge in [0, 0.05) is 11.0 Å². The zero-order valence-electron chi connectivity index (χ0n) is 9.09. The van der Waals surface area contributed by atoms with Crippen LogP contribution in [-0.2, 0) is 9.53 Å². The first-order valence-electron chi connectivity index (χ1n) is 5.83. The first kappa shape index (κ1) is 11.0. The van der Waals surface area contributed by atoms with E-state index >= 15 is 0 Å². The molecule has 0 amide bonds. The van der Waals surface area contributed by atoms with Crippen molar-refractivity contribution in [3.05, 3.63) is 10.6 Å². The summed E-state index contributed by atoms with van der Waals surface area (Å²) in [5, 5.41) is 0.696. The van der Waals surface area contributed by atoms with Crippen molar-refractivity contribution in [2.24, 2.45) is 5.92 Å². The number of cyclic esters (lactones) is 1. The van der Waals surface area contributed by atoms with E-state index in [1.807, 2.05) is 6.92 Å². The van der Waals surface area contributed by atoms with Gasteiger partial charge >= 0.3 is 5.97 Å². The fourth-order valence-electron chi connectivity index (χ4n) is 2.52. The highest BCUT2D eigenvalue weighted by molar-refractivity contribution is 6.32. The van der Waals surface area contributed by atoms with Crippen molar-refractivity contribution in [2.45, 2.75) is 51.6 Å². The van der Waals surface area contributed by atoms with E-state index in [4.69, 9.17) is 16.3 Å². The molecule has 2 aliphatic rings. The summed E-state index contributed by atoms with van der Waals surface area (Å²) in [7, 11) is 0. The van der Waals surface area contributed by atoms with Gasteiger partial charge in [-0.15, -0.1) is 0 Å². The maximum absolute atomic E-state index is 11.3. The molecule has 1 saturated carbocycles. The monoisotopic (exact) mass is 228 g/mol. The van der Waals surface area contributed by atoms with Crippen LogP contribution in [0.25, 0.3) is 0 Å². The lowest BCUT2D eigenvalue weighted by Gasteiger charge is -2.37. The van der Waals surface area contributed by atoms with Crippen LogP contribution in [0.2, 0.25) is 0 Å². The Morgan fingerprint density at radius 3 is 2.60 bits per heavy atom. The van der Waals surface area contributed by atoms with E-state index in [1.165, 1.54) is 32.1 Å². The van der Waals surface area contributed by atoms with Crippen LogP contribution in [-0.4, -0.2) is 12.1 Å². The summed E-state index contributed by atoms with van der Waals surface area (Å²) < 4.78 is 5.23. The lowest BCUT2D eigenvalue weighted by molar-refractivity contribution is -0.161. The van der Waals surface area contributed by atoms with Gasteiger partial charge in [0.15, 0.2) is 0 Å². The molecule has 2 fully saturated rings. The van der Waals surface area contributed by atoms with Crippen molar-refractivity contribution in [3.8, 4) is 0 Å². The van der Waals surface area contributed by atoms with E-state index in [2.05, 4.69) is 0 Å². The van der Waals surface area contributed by atoms with Crippen LogP contribution in [0.1, 0.15) is 45.4 Å². The van der Waals surface area contributed by atoms with Crippen LogP contribution < -0.4 is 0 Å². The number of halogens is 1. The van der Waals surface area contributed by atoms with Gasteiger partial charge in [-0.25, -0.2) is 4.79 Å². The summed E-state index contributed by atoms with van der Waals surface area (Å²) in [6.07, 6.45) is 6.92. The second-order valence-corrected chi connectivity index (χ2v) is 4.85. The molecule has 0 aromatic heterocycles. The highest BCUT2D eigenvalue weighted by Crippen LogP contribution is 2.39. The molecule has 0 N–H and O–H groups in total. The molecular weight excluding hydrogens is 212 g/mol. The molecule has 0 spiro atoms. The molecule has 2 nitrogen and oxygen atoms in total. The summed E-state index contributed by atoms with van der Waals surface area (Å²) in [6.45, 7) is 1.97. The average Bonchev–Trinajstić information content (AvgIpc) is 2.26. The van der Waals surface area contributed by atoms with Crippen molar-refractivity contribution in [3.63, 3.8) is 0 Å². The van der Waals surface area contributed by atoms with E-state index in [9.17, 15) is 4.79 Å². The average molecular weight is 229 g/mol. The minimum Gasteiger partial charge on any atom is -0.453 e. The quantitative estimate of drug-likeness (QED) is 0.535. The third-order valence-electron chi connectivity index (χ3n) is 3.42. The highest BCUT2D eigenvalue weighted by atomic mass is 35.5. The normalized spacial score (nSPS) is 30.8. The van der Waals surface area contributed by atoms with E-state index in [1.54, 1.807) is 0 Å². The topological polar surface area (TPSA) is 26.3 Å². The molecule has 1 aliphatic carbocycles. The van der Waals surface area contributed by atoms with Gasteiger partial charge in [0.25, 0.3) is 0 Å². The number of carbonyl (C=O) groups is 1. The second-order valence-electron chi connectivity index (χ2n) is 4.40. The Labute approximate surface area is 95.6 Å². The Balaban J connectivity index is 2.07. The predicted molar refractivity (Wildman–Crippen MR) is 59.6 cm³/mol. The molecule has 0 aromatic carbocycles. The lowest BCUT2D eigenvalue weighted by atomic mass is 9.80. The Morgan fingerprint density at radius 1 is 1.40 bits per heavy atom. The fraction of sp³-hybridized carbons (Fsp3) is 0.750. The number of hydrogen-bond donors (Lipinski definition) is 0. The number of carbonyl (C=O) groups excluding carboxylic acids is 1. The Kier molecular flexibility index (Phi) is 3.35. The van der Waals surface area contributed by atoms with Gasteiger partial charge in [-0.05, 0) is 19.3 Å².